The highest BCUT2D eigenvalue weighted by Crippen LogP contribution is 2.27. The molecule has 0 radical (unpaired) electrons. The van der Waals surface area contributed by atoms with Gasteiger partial charge in [0.25, 0.3) is 0 Å². The van der Waals surface area contributed by atoms with E-state index in [9.17, 15) is 9.18 Å². The highest BCUT2D eigenvalue weighted by Gasteiger charge is 2.24. The summed E-state index contributed by atoms with van der Waals surface area (Å²) >= 11 is 5.85. The molecular formula is C31H31ClFN5O3. The number of hydrogen-bond donors (Lipinski definition) is 1. The van der Waals surface area contributed by atoms with Gasteiger partial charge >= 0.3 is 0 Å². The van der Waals surface area contributed by atoms with Crippen LogP contribution in [-0.2, 0) is 29.2 Å². The largest absolute Gasteiger partial charge is 0.473 e. The summed E-state index contributed by atoms with van der Waals surface area (Å²) < 4.78 is 27.9. The topological polar surface area (TPSA) is 81.5 Å². The molecule has 2 aliphatic rings. The van der Waals surface area contributed by atoms with Gasteiger partial charge in [0.15, 0.2) is 0 Å². The van der Waals surface area contributed by atoms with Crippen molar-refractivity contribution in [3.63, 3.8) is 0 Å². The molecule has 2 aromatic heterocycles. The third kappa shape index (κ3) is 6.43. The zero-order chi connectivity index (χ0) is 28.3. The van der Waals surface area contributed by atoms with Crippen LogP contribution in [0.1, 0.15) is 36.8 Å². The van der Waals surface area contributed by atoms with Crippen molar-refractivity contribution in [2.24, 2.45) is 0 Å². The predicted octanol–water partition coefficient (Wildman–Crippen LogP) is 5.84. The fourth-order valence-electron chi connectivity index (χ4n) is 5.17. The van der Waals surface area contributed by atoms with Gasteiger partial charge in [0, 0.05) is 49.0 Å². The fraction of sp³-hybridized carbons (Fsp3) is 0.323. The summed E-state index contributed by atoms with van der Waals surface area (Å²) in [5.41, 5.74) is 5.08. The Labute approximate surface area is 242 Å². The molecule has 0 bridgehead atoms. The number of imidazole rings is 1. The number of benzene rings is 2. The number of hydrogen-bond acceptors (Lipinski definition) is 6. The number of carbonyl (C=O) groups excluding carboxylic acids is 1. The molecule has 212 valence electrons. The summed E-state index contributed by atoms with van der Waals surface area (Å²) in [6, 6.07) is 16.1. The van der Waals surface area contributed by atoms with E-state index in [-0.39, 0.29) is 18.6 Å². The predicted molar refractivity (Wildman–Crippen MR) is 156 cm³/mol. The molecule has 6 rings (SSSR count). The highest BCUT2D eigenvalue weighted by atomic mass is 35.5. The van der Waals surface area contributed by atoms with Gasteiger partial charge in [-0.25, -0.2) is 14.4 Å². The van der Waals surface area contributed by atoms with Crippen molar-refractivity contribution in [2.45, 2.75) is 45.6 Å². The Morgan fingerprint density at radius 2 is 2.07 bits per heavy atom. The van der Waals surface area contributed by atoms with Gasteiger partial charge in [0.2, 0.25) is 11.8 Å². The molecule has 2 aromatic carbocycles. The highest BCUT2D eigenvalue weighted by molar-refractivity contribution is 6.30. The van der Waals surface area contributed by atoms with E-state index in [1.54, 1.807) is 18.2 Å². The van der Waals surface area contributed by atoms with Gasteiger partial charge in [-0.15, -0.1) is 0 Å². The van der Waals surface area contributed by atoms with E-state index in [0.29, 0.717) is 23.0 Å². The number of ether oxygens (including phenoxy) is 2. The smallest absolute Gasteiger partial charge is 0.221 e. The molecule has 4 aromatic rings. The number of carbonyl (C=O) groups is 1. The number of nitrogens with zero attached hydrogens (tertiary/aromatic N) is 4. The number of amides is 1. The number of anilines is 1. The summed E-state index contributed by atoms with van der Waals surface area (Å²) in [5.74, 6) is 0.927. The second-order valence-electron chi connectivity index (χ2n) is 10.4. The number of halogens is 2. The summed E-state index contributed by atoms with van der Waals surface area (Å²) in [4.78, 5) is 23.5. The quantitative estimate of drug-likeness (QED) is 0.270. The monoisotopic (exact) mass is 575 g/mol. The van der Waals surface area contributed by atoms with Crippen molar-refractivity contribution in [2.75, 3.05) is 25.0 Å². The molecule has 1 atom stereocenters. The average molecular weight is 576 g/mol. The van der Waals surface area contributed by atoms with Crippen molar-refractivity contribution in [3.05, 3.63) is 88.6 Å². The van der Waals surface area contributed by atoms with Crippen molar-refractivity contribution in [3.8, 4) is 5.88 Å². The van der Waals surface area contributed by atoms with Crippen LogP contribution in [0.25, 0.3) is 16.6 Å². The van der Waals surface area contributed by atoms with Crippen LogP contribution in [-0.4, -0.2) is 51.1 Å². The van der Waals surface area contributed by atoms with Crippen LogP contribution in [0.4, 0.5) is 10.1 Å². The maximum atomic E-state index is 14.1. The lowest BCUT2D eigenvalue weighted by atomic mass is 10.0. The van der Waals surface area contributed by atoms with Crippen LogP contribution in [0.5, 0.6) is 5.88 Å². The Morgan fingerprint density at radius 1 is 1.20 bits per heavy atom. The van der Waals surface area contributed by atoms with Crippen LogP contribution < -0.4 is 10.1 Å². The molecule has 1 unspecified atom stereocenters. The van der Waals surface area contributed by atoms with E-state index >= 15 is 0 Å². The molecule has 41 heavy (non-hydrogen) atoms. The molecule has 10 heteroatoms. The van der Waals surface area contributed by atoms with Crippen molar-refractivity contribution < 1.29 is 18.7 Å². The number of fused-ring (bicyclic) bond motifs is 1. The first kappa shape index (κ1) is 27.4. The zero-order valence-corrected chi connectivity index (χ0v) is 23.5. The molecule has 0 aliphatic carbocycles. The van der Waals surface area contributed by atoms with E-state index in [4.69, 9.17) is 26.1 Å². The Kier molecular flexibility index (Phi) is 8.00. The molecule has 8 nitrogen and oxygen atoms in total. The normalized spacial score (nSPS) is 17.2. The molecular weight excluding hydrogens is 545 g/mol. The van der Waals surface area contributed by atoms with Crippen LogP contribution in [0.3, 0.4) is 0 Å². The minimum atomic E-state index is -0.398. The summed E-state index contributed by atoms with van der Waals surface area (Å²) in [6.07, 6.45) is 4.28. The van der Waals surface area contributed by atoms with E-state index in [1.807, 2.05) is 30.3 Å². The molecule has 0 spiro atoms. The summed E-state index contributed by atoms with van der Waals surface area (Å²) in [5, 5.41) is 3.20. The van der Waals surface area contributed by atoms with Gasteiger partial charge in [0.1, 0.15) is 18.2 Å². The first-order valence-corrected chi connectivity index (χ1v) is 14.1. The van der Waals surface area contributed by atoms with Gasteiger partial charge in [-0.3, -0.25) is 9.69 Å². The SMILES string of the molecule is CC(=O)Nc1ccc2c(c1)nc(CN1CC=C(c3cccc(OCc4ccc(Cl)cc4F)n3)CC1)n2CC1CCO1. The van der Waals surface area contributed by atoms with Gasteiger partial charge < -0.3 is 19.4 Å². The summed E-state index contributed by atoms with van der Waals surface area (Å²) in [6.45, 7) is 5.46. The fourth-order valence-corrected chi connectivity index (χ4v) is 5.33. The van der Waals surface area contributed by atoms with Crippen LogP contribution in [0, 0.1) is 5.82 Å². The lowest BCUT2D eigenvalue weighted by molar-refractivity contribution is -0.114. The van der Waals surface area contributed by atoms with Crippen LogP contribution in [0.2, 0.25) is 5.02 Å². The minimum absolute atomic E-state index is 0.0749. The van der Waals surface area contributed by atoms with E-state index in [0.717, 1.165) is 72.9 Å². The van der Waals surface area contributed by atoms with Crippen molar-refractivity contribution in [1.82, 2.24) is 19.4 Å². The second-order valence-corrected chi connectivity index (χ2v) is 10.8. The van der Waals surface area contributed by atoms with Crippen LogP contribution in [0.15, 0.2) is 60.7 Å². The first-order valence-electron chi connectivity index (χ1n) is 13.7. The Bertz CT molecular complexity index is 1620. The molecule has 0 saturated carbocycles. The minimum Gasteiger partial charge on any atom is -0.473 e. The van der Waals surface area contributed by atoms with Gasteiger partial charge in [0.05, 0.1) is 35.9 Å². The number of nitrogens with one attached hydrogen (secondary N) is 1. The van der Waals surface area contributed by atoms with E-state index in [1.165, 1.54) is 13.0 Å². The molecule has 4 heterocycles. The Balaban J connectivity index is 1.14. The average Bonchev–Trinajstić information content (AvgIpc) is 3.26. The number of rotatable bonds is 9. The lowest BCUT2D eigenvalue weighted by Gasteiger charge is -2.29. The number of pyridine rings is 1. The lowest BCUT2D eigenvalue weighted by Crippen LogP contribution is -2.33. The van der Waals surface area contributed by atoms with Gasteiger partial charge in [-0.05, 0) is 54.8 Å². The van der Waals surface area contributed by atoms with E-state index < -0.39 is 5.82 Å². The molecule has 1 saturated heterocycles. The number of aromatic nitrogens is 3. The molecule has 1 amide bonds. The van der Waals surface area contributed by atoms with Gasteiger partial charge in [-0.2, -0.15) is 0 Å². The Morgan fingerprint density at radius 3 is 2.80 bits per heavy atom. The zero-order valence-electron chi connectivity index (χ0n) is 22.8. The van der Waals surface area contributed by atoms with E-state index in [2.05, 4.69) is 25.8 Å². The Hall–Kier alpha value is -3.79. The first-order chi connectivity index (χ1) is 19.9. The molecule has 1 fully saturated rings. The third-order valence-electron chi connectivity index (χ3n) is 7.43. The molecule has 2 aliphatic heterocycles. The third-order valence-corrected chi connectivity index (χ3v) is 7.66. The van der Waals surface area contributed by atoms with Crippen molar-refractivity contribution >= 4 is 39.8 Å². The second kappa shape index (κ2) is 12.0. The summed E-state index contributed by atoms with van der Waals surface area (Å²) in [7, 11) is 0. The van der Waals surface area contributed by atoms with Crippen molar-refractivity contribution in [1.29, 1.82) is 0 Å². The molecule has 1 N–H and O–H groups in total. The van der Waals surface area contributed by atoms with Crippen LogP contribution >= 0.6 is 11.6 Å². The maximum Gasteiger partial charge on any atom is 0.221 e. The maximum absolute atomic E-state index is 14.1. The van der Waals surface area contributed by atoms with Gasteiger partial charge in [-0.1, -0.05) is 29.8 Å². The standard InChI is InChI=1S/C31H31ClFN5O3/c1-20(39)34-24-7-8-29-28(16-24)35-30(38(29)17-25-11-14-40-25)18-37-12-9-21(10-13-37)27-3-2-4-31(36-27)41-19-22-5-6-23(32)15-26(22)33/h2-9,15-16,25H,10-14,17-19H2,1H3,(H,34,39).